The number of anilines is 2. The summed E-state index contributed by atoms with van der Waals surface area (Å²) in [6.07, 6.45) is 0. The zero-order valence-electron chi connectivity index (χ0n) is 19.2. The number of carbonyl (C=O) groups is 1. The van der Waals surface area contributed by atoms with Gasteiger partial charge >= 0.3 is 0 Å². The van der Waals surface area contributed by atoms with E-state index in [4.69, 9.17) is 9.47 Å². The van der Waals surface area contributed by atoms with Crippen LogP contribution in [0.3, 0.4) is 0 Å². The van der Waals surface area contributed by atoms with Gasteiger partial charge in [0.1, 0.15) is 5.75 Å². The SMILES string of the molecule is CCn1c(S[C@@H](C)C(=O)Nc2ccc(N3CCOCC3)cc2)nnc1-c1ccccc1OC. The predicted octanol–water partition coefficient (Wildman–Crippen LogP) is 3.93. The lowest BCUT2D eigenvalue weighted by Crippen LogP contribution is -2.36. The molecule has 8 nitrogen and oxygen atoms in total. The number of morpholine rings is 1. The molecule has 1 amide bonds. The molecule has 1 aromatic heterocycles. The van der Waals surface area contributed by atoms with Crippen molar-refractivity contribution in [1.82, 2.24) is 14.8 Å². The Morgan fingerprint density at radius 3 is 2.58 bits per heavy atom. The van der Waals surface area contributed by atoms with Gasteiger partial charge in [0, 0.05) is 31.0 Å². The van der Waals surface area contributed by atoms with E-state index in [1.165, 1.54) is 11.8 Å². The van der Waals surface area contributed by atoms with Crippen molar-refractivity contribution in [2.24, 2.45) is 0 Å². The molecule has 1 N–H and O–H groups in total. The van der Waals surface area contributed by atoms with Crippen LogP contribution in [0.2, 0.25) is 0 Å². The Hall–Kier alpha value is -3.04. The monoisotopic (exact) mass is 467 g/mol. The first-order valence-electron chi connectivity index (χ1n) is 11.1. The van der Waals surface area contributed by atoms with Crippen LogP contribution >= 0.6 is 11.8 Å². The molecule has 0 unspecified atom stereocenters. The molecule has 0 bridgehead atoms. The summed E-state index contributed by atoms with van der Waals surface area (Å²) in [6.45, 7) is 7.85. The van der Waals surface area contributed by atoms with Crippen LogP contribution < -0.4 is 15.0 Å². The summed E-state index contributed by atoms with van der Waals surface area (Å²) >= 11 is 1.39. The van der Waals surface area contributed by atoms with Gasteiger partial charge in [0.2, 0.25) is 5.91 Å². The number of methoxy groups -OCH3 is 1. The van der Waals surface area contributed by atoms with Gasteiger partial charge in [-0.1, -0.05) is 23.9 Å². The van der Waals surface area contributed by atoms with Gasteiger partial charge < -0.3 is 24.3 Å². The number of thioether (sulfide) groups is 1. The smallest absolute Gasteiger partial charge is 0.237 e. The molecule has 2 aromatic carbocycles. The maximum Gasteiger partial charge on any atom is 0.237 e. The molecular weight excluding hydrogens is 438 g/mol. The minimum atomic E-state index is -0.344. The van der Waals surface area contributed by atoms with Gasteiger partial charge in [-0.2, -0.15) is 0 Å². The van der Waals surface area contributed by atoms with Gasteiger partial charge in [0.25, 0.3) is 0 Å². The van der Waals surface area contributed by atoms with E-state index >= 15 is 0 Å². The van der Waals surface area contributed by atoms with E-state index in [9.17, 15) is 4.79 Å². The zero-order valence-corrected chi connectivity index (χ0v) is 20.0. The van der Waals surface area contributed by atoms with Crippen LogP contribution in [-0.2, 0) is 16.1 Å². The van der Waals surface area contributed by atoms with Gasteiger partial charge in [-0.25, -0.2) is 0 Å². The van der Waals surface area contributed by atoms with E-state index in [1.807, 2.05) is 66.9 Å². The van der Waals surface area contributed by atoms with E-state index in [0.29, 0.717) is 11.7 Å². The van der Waals surface area contributed by atoms with Crippen LogP contribution in [0.5, 0.6) is 5.75 Å². The highest BCUT2D eigenvalue weighted by molar-refractivity contribution is 8.00. The third kappa shape index (κ3) is 5.31. The molecule has 1 saturated heterocycles. The van der Waals surface area contributed by atoms with Crippen molar-refractivity contribution in [2.45, 2.75) is 30.8 Å². The van der Waals surface area contributed by atoms with Crippen LogP contribution in [0.15, 0.2) is 53.7 Å². The summed E-state index contributed by atoms with van der Waals surface area (Å²) < 4.78 is 12.9. The van der Waals surface area contributed by atoms with Crippen LogP contribution in [-0.4, -0.2) is 59.3 Å². The second kappa shape index (κ2) is 10.7. The van der Waals surface area contributed by atoms with Gasteiger partial charge in [0.15, 0.2) is 11.0 Å². The number of nitrogens with one attached hydrogen (secondary N) is 1. The molecule has 1 aliphatic heterocycles. The molecule has 0 radical (unpaired) electrons. The number of hydrogen-bond acceptors (Lipinski definition) is 7. The number of para-hydroxylation sites is 1. The number of nitrogens with zero attached hydrogens (tertiary/aromatic N) is 4. The molecule has 1 fully saturated rings. The van der Waals surface area contributed by atoms with Gasteiger partial charge in [0.05, 0.1) is 31.1 Å². The van der Waals surface area contributed by atoms with Gasteiger partial charge in [-0.3, -0.25) is 4.79 Å². The molecular formula is C24H29N5O3S. The Labute approximate surface area is 198 Å². The molecule has 1 atom stereocenters. The summed E-state index contributed by atoms with van der Waals surface area (Å²) in [4.78, 5) is 15.1. The number of hydrogen-bond donors (Lipinski definition) is 1. The Morgan fingerprint density at radius 2 is 1.88 bits per heavy atom. The van der Waals surface area contributed by atoms with Crippen LogP contribution in [0, 0.1) is 0 Å². The number of ether oxygens (including phenoxy) is 2. The lowest BCUT2D eigenvalue weighted by atomic mass is 10.2. The fourth-order valence-corrected chi connectivity index (χ4v) is 4.64. The fourth-order valence-electron chi connectivity index (χ4n) is 3.72. The molecule has 0 spiro atoms. The fraction of sp³-hybridized carbons (Fsp3) is 0.375. The summed E-state index contributed by atoms with van der Waals surface area (Å²) in [7, 11) is 1.64. The van der Waals surface area contributed by atoms with Crippen molar-refractivity contribution in [2.75, 3.05) is 43.6 Å². The van der Waals surface area contributed by atoms with E-state index in [0.717, 1.165) is 54.8 Å². The molecule has 1 aliphatic rings. The Kier molecular flexibility index (Phi) is 7.51. The van der Waals surface area contributed by atoms with Gasteiger partial charge in [-0.15, -0.1) is 10.2 Å². The number of benzene rings is 2. The minimum Gasteiger partial charge on any atom is -0.496 e. The summed E-state index contributed by atoms with van der Waals surface area (Å²) in [5.41, 5.74) is 2.79. The minimum absolute atomic E-state index is 0.0800. The maximum absolute atomic E-state index is 12.8. The topological polar surface area (TPSA) is 81.5 Å². The third-order valence-electron chi connectivity index (χ3n) is 5.54. The second-order valence-electron chi connectivity index (χ2n) is 7.65. The second-order valence-corrected chi connectivity index (χ2v) is 8.95. The molecule has 3 aromatic rings. The highest BCUT2D eigenvalue weighted by atomic mass is 32.2. The molecule has 174 valence electrons. The summed E-state index contributed by atoms with van der Waals surface area (Å²) in [5, 5.41) is 12.1. The molecule has 33 heavy (non-hydrogen) atoms. The Balaban J connectivity index is 1.42. The van der Waals surface area contributed by atoms with Crippen LogP contribution in [0.25, 0.3) is 11.4 Å². The van der Waals surface area contributed by atoms with Crippen molar-refractivity contribution in [1.29, 1.82) is 0 Å². The molecule has 0 aliphatic carbocycles. The standard InChI is InChI=1S/C24H29N5O3S/c1-4-29-22(20-7-5-6-8-21(20)31-3)26-27-24(29)33-17(2)23(30)25-18-9-11-19(12-10-18)28-13-15-32-16-14-28/h5-12,17H,4,13-16H2,1-3H3,(H,25,30)/t17-/m0/s1. The predicted molar refractivity (Wildman–Crippen MR) is 131 cm³/mol. The number of amides is 1. The van der Waals surface area contributed by atoms with Crippen molar-refractivity contribution in [3.05, 3.63) is 48.5 Å². The van der Waals surface area contributed by atoms with Crippen LogP contribution in [0.1, 0.15) is 13.8 Å². The Morgan fingerprint density at radius 1 is 1.15 bits per heavy atom. The third-order valence-corrected chi connectivity index (χ3v) is 6.62. The summed E-state index contributed by atoms with van der Waals surface area (Å²) in [5.74, 6) is 1.38. The van der Waals surface area contributed by atoms with Crippen LogP contribution in [0.4, 0.5) is 11.4 Å². The van der Waals surface area contributed by atoms with E-state index in [2.05, 4.69) is 20.4 Å². The van der Waals surface area contributed by atoms with Crippen molar-refractivity contribution in [3.8, 4) is 17.1 Å². The number of carbonyl (C=O) groups excluding carboxylic acids is 1. The van der Waals surface area contributed by atoms with E-state index in [-0.39, 0.29) is 11.2 Å². The first kappa shape index (κ1) is 23.1. The molecule has 4 rings (SSSR count). The molecule has 0 saturated carbocycles. The van der Waals surface area contributed by atoms with E-state index < -0.39 is 0 Å². The highest BCUT2D eigenvalue weighted by Crippen LogP contribution is 2.32. The van der Waals surface area contributed by atoms with E-state index in [1.54, 1.807) is 7.11 Å². The number of aromatic nitrogens is 3. The quantitative estimate of drug-likeness (QED) is 0.503. The average molecular weight is 468 g/mol. The maximum atomic E-state index is 12.8. The summed E-state index contributed by atoms with van der Waals surface area (Å²) in [6, 6.07) is 15.7. The lowest BCUT2D eigenvalue weighted by molar-refractivity contribution is -0.115. The normalized spacial score (nSPS) is 14.7. The average Bonchev–Trinajstić information content (AvgIpc) is 3.27. The molecule has 2 heterocycles. The van der Waals surface area contributed by atoms with Gasteiger partial charge in [-0.05, 0) is 50.2 Å². The highest BCUT2D eigenvalue weighted by Gasteiger charge is 2.22. The van der Waals surface area contributed by atoms with Crippen molar-refractivity contribution in [3.63, 3.8) is 0 Å². The van der Waals surface area contributed by atoms with Crippen molar-refractivity contribution >= 4 is 29.0 Å². The molecule has 9 heteroatoms. The number of rotatable bonds is 8. The zero-order chi connectivity index (χ0) is 23.2. The first-order chi connectivity index (χ1) is 16.1. The Bertz CT molecular complexity index is 1080. The first-order valence-corrected chi connectivity index (χ1v) is 12.0. The lowest BCUT2D eigenvalue weighted by Gasteiger charge is -2.28. The van der Waals surface area contributed by atoms with Crippen molar-refractivity contribution < 1.29 is 14.3 Å². The largest absolute Gasteiger partial charge is 0.496 e.